The summed E-state index contributed by atoms with van der Waals surface area (Å²) >= 11 is 6.28. The fraction of sp³-hybridized carbons (Fsp3) is 0.588. The van der Waals surface area contributed by atoms with Crippen molar-refractivity contribution in [2.75, 3.05) is 26.2 Å². The molecule has 0 aromatic heterocycles. The lowest BCUT2D eigenvalue weighted by Gasteiger charge is -2.40. The number of hydrogen-bond donors (Lipinski definition) is 1. The highest BCUT2D eigenvalue weighted by atomic mass is 35.5. The number of piperidine rings is 1. The maximum absolute atomic E-state index is 12.8. The Kier molecular flexibility index (Phi) is 5.01. The first kappa shape index (κ1) is 15.8. The van der Waals surface area contributed by atoms with Crippen molar-refractivity contribution in [2.24, 2.45) is 5.92 Å². The lowest BCUT2D eigenvalue weighted by atomic mass is 9.96. The van der Waals surface area contributed by atoms with Gasteiger partial charge in [-0.25, -0.2) is 0 Å². The number of benzene rings is 1. The van der Waals surface area contributed by atoms with Crippen LogP contribution in [0.25, 0.3) is 0 Å². The summed E-state index contributed by atoms with van der Waals surface area (Å²) in [5.74, 6) is 0.348. The Bertz CT molecular complexity index is 531. The first-order valence-electron chi connectivity index (χ1n) is 8.04. The second-order valence-corrected chi connectivity index (χ2v) is 6.63. The highest BCUT2D eigenvalue weighted by molar-refractivity contribution is 6.31. The van der Waals surface area contributed by atoms with E-state index in [2.05, 4.69) is 12.2 Å². The van der Waals surface area contributed by atoms with E-state index in [0.29, 0.717) is 18.2 Å². The van der Waals surface area contributed by atoms with Gasteiger partial charge in [-0.05, 0) is 32.4 Å². The lowest BCUT2D eigenvalue weighted by Crippen LogP contribution is -2.52. The van der Waals surface area contributed by atoms with Gasteiger partial charge >= 0.3 is 0 Å². The Morgan fingerprint density at radius 2 is 2.23 bits per heavy atom. The Balaban J connectivity index is 1.73. The van der Waals surface area contributed by atoms with Crippen LogP contribution in [0.1, 0.15) is 31.4 Å². The molecule has 1 amide bonds. The van der Waals surface area contributed by atoms with E-state index >= 15 is 0 Å². The molecule has 1 aromatic carbocycles. The standard InChI is InChI=1S/C17H23ClN2O2/c1-12-11-22-16(14-6-2-3-7-15(14)18)10-20(12)17(21)13-5-4-8-19-9-13/h2-3,6-7,12-13,16,19H,4-5,8-11H2,1H3. The summed E-state index contributed by atoms with van der Waals surface area (Å²) in [6.07, 6.45) is 1.92. The van der Waals surface area contributed by atoms with Gasteiger partial charge in [0.05, 0.1) is 25.1 Å². The largest absolute Gasteiger partial charge is 0.369 e. The minimum Gasteiger partial charge on any atom is -0.369 e. The average molecular weight is 323 g/mol. The van der Waals surface area contributed by atoms with Crippen LogP contribution >= 0.6 is 11.6 Å². The summed E-state index contributed by atoms with van der Waals surface area (Å²) in [5.41, 5.74) is 0.968. The number of nitrogens with one attached hydrogen (secondary N) is 1. The summed E-state index contributed by atoms with van der Waals surface area (Å²) < 4.78 is 5.93. The normalized spacial score (nSPS) is 29.4. The summed E-state index contributed by atoms with van der Waals surface area (Å²) in [6, 6.07) is 7.84. The molecule has 1 aromatic rings. The van der Waals surface area contributed by atoms with Crippen LogP contribution in [-0.2, 0) is 9.53 Å². The smallest absolute Gasteiger partial charge is 0.227 e. The molecule has 2 aliphatic rings. The van der Waals surface area contributed by atoms with Crippen molar-refractivity contribution < 1.29 is 9.53 Å². The van der Waals surface area contributed by atoms with E-state index in [1.165, 1.54) is 0 Å². The summed E-state index contributed by atoms with van der Waals surface area (Å²) in [5, 5.41) is 4.02. The molecular weight excluding hydrogens is 300 g/mol. The molecule has 2 saturated heterocycles. The van der Waals surface area contributed by atoms with Crippen LogP contribution in [0.5, 0.6) is 0 Å². The van der Waals surface area contributed by atoms with Crippen molar-refractivity contribution in [2.45, 2.75) is 31.9 Å². The average Bonchev–Trinajstić information content (AvgIpc) is 2.56. The zero-order valence-electron chi connectivity index (χ0n) is 12.9. The molecule has 0 saturated carbocycles. The number of rotatable bonds is 2. The van der Waals surface area contributed by atoms with Crippen molar-refractivity contribution in [3.8, 4) is 0 Å². The Labute approximate surface area is 136 Å². The molecule has 3 unspecified atom stereocenters. The highest BCUT2D eigenvalue weighted by Gasteiger charge is 2.34. The summed E-state index contributed by atoms with van der Waals surface area (Å²) in [4.78, 5) is 14.8. The number of nitrogens with zero attached hydrogens (tertiary/aromatic N) is 1. The highest BCUT2D eigenvalue weighted by Crippen LogP contribution is 2.31. The molecule has 120 valence electrons. The number of carbonyl (C=O) groups excluding carboxylic acids is 1. The van der Waals surface area contributed by atoms with Crippen molar-refractivity contribution >= 4 is 17.5 Å². The van der Waals surface area contributed by atoms with Gasteiger partial charge < -0.3 is 15.0 Å². The Morgan fingerprint density at radius 3 is 2.95 bits per heavy atom. The number of ether oxygens (including phenoxy) is 1. The summed E-state index contributed by atoms with van der Waals surface area (Å²) in [7, 11) is 0. The molecule has 0 radical (unpaired) electrons. The number of morpholine rings is 1. The maximum atomic E-state index is 12.8. The molecule has 3 atom stereocenters. The molecule has 3 rings (SSSR count). The van der Waals surface area contributed by atoms with Gasteiger partial charge in [0, 0.05) is 17.1 Å². The zero-order chi connectivity index (χ0) is 15.5. The van der Waals surface area contributed by atoms with Gasteiger partial charge in [0.2, 0.25) is 5.91 Å². The van der Waals surface area contributed by atoms with Crippen LogP contribution in [0.3, 0.4) is 0 Å². The molecule has 5 heteroatoms. The van der Waals surface area contributed by atoms with Gasteiger partial charge in [-0.3, -0.25) is 4.79 Å². The van der Waals surface area contributed by atoms with Crippen molar-refractivity contribution in [1.29, 1.82) is 0 Å². The van der Waals surface area contributed by atoms with Crippen LogP contribution in [0.4, 0.5) is 0 Å². The molecule has 0 aliphatic carbocycles. The van der Waals surface area contributed by atoms with Crippen LogP contribution in [0.15, 0.2) is 24.3 Å². The minimum absolute atomic E-state index is 0.0983. The van der Waals surface area contributed by atoms with Crippen LogP contribution in [0, 0.1) is 5.92 Å². The second-order valence-electron chi connectivity index (χ2n) is 6.23. The molecule has 22 heavy (non-hydrogen) atoms. The lowest BCUT2D eigenvalue weighted by molar-refractivity contribution is -0.149. The van der Waals surface area contributed by atoms with Gasteiger partial charge in [-0.15, -0.1) is 0 Å². The van der Waals surface area contributed by atoms with E-state index in [1.807, 2.05) is 29.2 Å². The van der Waals surface area contributed by atoms with Crippen LogP contribution in [0.2, 0.25) is 5.02 Å². The SMILES string of the molecule is CC1COC(c2ccccc2Cl)CN1C(=O)C1CCCNC1. The van der Waals surface area contributed by atoms with Gasteiger partial charge in [0.15, 0.2) is 0 Å². The minimum atomic E-state index is -0.134. The molecule has 4 nitrogen and oxygen atoms in total. The van der Waals surface area contributed by atoms with Crippen molar-refractivity contribution in [1.82, 2.24) is 10.2 Å². The monoisotopic (exact) mass is 322 g/mol. The number of amides is 1. The zero-order valence-corrected chi connectivity index (χ0v) is 13.7. The third-order valence-electron chi connectivity index (χ3n) is 4.61. The van der Waals surface area contributed by atoms with Gasteiger partial charge in [0.25, 0.3) is 0 Å². The molecule has 0 bridgehead atoms. The number of carbonyl (C=O) groups is 1. The predicted octanol–water partition coefficient (Wildman–Crippen LogP) is 2.63. The van der Waals surface area contributed by atoms with Gasteiger partial charge in [-0.1, -0.05) is 29.8 Å². The molecule has 2 aliphatic heterocycles. The van der Waals surface area contributed by atoms with Crippen molar-refractivity contribution in [3.63, 3.8) is 0 Å². The van der Waals surface area contributed by atoms with E-state index in [1.54, 1.807) is 0 Å². The molecule has 1 N–H and O–H groups in total. The third kappa shape index (κ3) is 3.29. The van der Waals surface area contributed by atoms with Crippen molar-refractivity contribution in [3.05, 3.63) is 34.9 Å². The quantitative estimate of drug-likeness (QED) is 0.910. The molecule has 2 fully saturated rings. The topological polar surface area (TPSA) is 41.6 Å². The number of halogens is 1. The third-order valence-corrected chi connectivity index (χ3v) is 4.96. The summed E-state index contributed by atoms with van der Waals surface area (Å²) in [6.45, 7) is 5.00. The van der Waals surface area contributed by atoms with Gasteiger partial charge in [-0.2, -0.15) is 0 Å². The maximum Gasteiger partial charge on any atom is 0.227 e. The Morgan fingerprint density at radius 1 is 1.41 bits per heavy atom. The van der Waals surface area contributed by atoms with E-state index in [0.717, 1.165) is 31.5 Å². The molecule has 2 heterocycles. The number of hydrogen-bond acceptors (Lipinski definition) is 3. The van der Waals surface area contributed by atoms with Crippen LogP contribution < -0.4 is 5.32 Å². The first-order valence-corrected chi connectivity index (χ1v) is 8.42. The fourth-order valence-electron chi connectivity index (χ4n) is 3.29. The van der Waals surface area contributed by atoms with Gasteiger partial charge in [0.1, 0.15) is 6.10 Å². The van der Waals surface area contributed by atoms with Crippen LogP contribution in [-0.4, -0.2) is 43.1 Å². The fourth-order valence-corrected chi connectivity index (χ4v) is 3.54. The molecular formula is C17H23ClN2O2. The van der Waals surface area contributed by atoms with E-state index in [9.17, 15) is 4.79 Å². The predicted molar refractivity (Wildman–Crippen MR) is 86.9 cm³/mol. The first-order chi connectivity index (χ1) is 10.7. The Hall–Kier alpha value is -1.10. The second kappa shape index (κ2) is 6.99. The van der Waals surface area contributed by atoms with E-state index in [-0.39, 0.29) is 24.0 Å². The van der Waals surface area contributed by atoms with E-state index in [4.69, 9.17) is 16.3 Å². The van der Waals surface area contributed by atoms with E-state index < -0.39 is 0 Å². The molecule has 0 spiro atoms.